The quantitative estimate of drug-likeness (QED) is 0.159. The van der Waals surface area contributed by atoms with Crippen LogP contribution in [0.2, 0.25) is 0 Å². The number of carbonyl (C=O) groups is 1. The summed E-state index contributed by atoms with van der Waals surface area (Å²) in [6.45, 7) is 6.11. The van der Waals surface area contributed by atoms with E-state index in [4.69, 9.17) is 4.74 Å². The molecule has 0 saturated heterocycles. The van der Waals surface area contributed by atoms with E-state index in [2.05, 4.69) is 6.92 Å². The monoisotopic (exact) mass is 368 g/mol. The Morgan fingerprint density at radius 2 is 0.885 bits per heavy atom. The third-order valence-corrected chi connectivity index (χ3v) is 5.10. The number of carbonyl (C=O) groups excluding carboxylic acids is 1. The Bertz CT molecular complexity index is 286. The first-order chi connectivity index (χ1) is 12.7. The summed E-state index contributed by atoms with van der Waals surface area (Å²) in [5, 5.41) is 0. The molecular formula is C24H48O2. The maximum Gasteiger partial charge on any atom is 0.306 e. The van der Waals surface area contributed by atoms with E-state index in [9.17, 15) is 4.79 Å². The van der Waals surface area contributed by atoms with Gasteiger partial charge in [0, 0.05) is 6.42 Å². The van der Waals surface area contributed by atoms with Gasteiger partial charge in [-0.3, -0.25) is 4.79 Å². The van der Waals surface area contributed by atoms with E-state index in [1.54, 1.807) is 0 Å². The molecule has 2 heteroatoms. The number of unbranched alkanes of at least 4 members (excludes halogenated alkanes) is 17. The fraction of sp³-hybridized carbons (Fsp3) is 0.958. The van der Waals surface area contributed by atoms with E-state index in [0.717, 1.165) is 6.42 Å². The molecule has 0 heterocycles. The SMILES string of the molecule is CCCCCCCCCCCCCCCCCCCCC(=O)OC(C)C. The van der Waals surface area contributed by atoms with Crippen molar-refractivity contribution in [3.63, 3.8) is 0 Å². The van der Waals surface area contributed by atoms with Crippen molar-refractivity contribution in [1.82, 2.24) is 0 Å². The van der Waals surface area contributed by atoms with Gasteiger partial charge in [0.25, 0.3) is 0 Å². The molecule has 0 spiro atoms. The van der Waals surface area contributed by atoms with Crippen molar-refractivity contribution in [2.45, 2.75) is 149 Å². The largest absolute Gasteiger partial charge is 0.463 e. The molecule has 0 radical (unpaired) electrons. The number of ether oxygens (including phenoxy) is 1. The van der Waals surface area contributed by atoms with Crippen LogP contribution in [0.15, 0.2) is 0 Å². The normalized spacial score (nSPS) is 11.2. The molecule has 0 aliphatic rings. The van der Waals surface area contributed by atoms with Crippen molar-refractivity contribution in [2.75, 3.05) is 0 Å². The summed E-state index contributed by atoms with van der Waals surface area (Å²) in [5.41, 5.74) is 0. The fourth-order valence-corrected chi connectivity index (χ4v) is 3.49. The molecule has 0 aromatic carbocycles. The molecule has 0 aliphatic heterocycles. The lowest BCUT2D eigenvalue weighted by atomic mass is 10.0. The van der Waals surface area contributed by atoms with E-state index in [0.29, 0.717) is 6.42 Å². The summed E-state index contributed by atoms with van der Waals surface area (Å²) < 4.78 is 5.14. The van der Waals surface area contributed by atoms with Crippen molar-refractivity contribution in [3.05, 3.63) is 0 Å². The van der Waals surface area contributed by atoms with E-state index in [1.165, 1.54) is 109 Å². The number of hydrogen-bond acceptors (Lipinski definition) is 2. The molecule has 0 aliphatic carbocycles. The first kappa shape index (κ1) is 25.5. The Hall–Kier alpha value is -0.530. The Kier molecular flexibility index (Phi) is 20.4. The lowest BCUT2D eigenvalue weighted by Gasteiger charge is -2.07. The highest BCUT2D eigenvalue weighted by atomic mass is 16.5. The lowest BCUT2D eigenvalue weighted by molar-refractivity contribution is -0.147. The number of hydrogen-bond donors (Lipinski definition) is 0. The smallest absolute Gasteiger partial charge is 0.306 e. The van der Waals surface area contributed by atoms with Crippen molar-refractivity contribution in [2.24, 2.45) is 0 Å². The van der Waals surface area contributed by atoms with Crippen molar-refractivity contribution < 1.29 is 9.53 Å². The predicted octanol–water partition coefficient (Wildman–Crippen LogP) is 8.37. The third-order valence-electron chi connectivity index (χ3n) is 5.10. The van der Waals surface area contributed by atoms with Crippen LogP contribution in [0.4, 0.5) is 0 Å². The first-order valence-electron chi connectivity index (χ1n) is 11.9. The van der Waals surface area contributed by atoms with E-state index in [-0.39, 0.29) is 12.1 Å². The van der Waals surface area contributed by atoms with Gasteiger partial charge in [0.2, 0.25) is 0 Å². The molecule has 0 atom stereocenters. The lowest BCUT2D eigenvalue weighted by Crippen LogP contribution is -2.10. The summed E-state index contributed by atoms with van der Waals surface area (Å²) in [6.07, 6.45) is 25.4. The fourth-order valence-electron chi connectivity index (χ4n) is 3.49. The van der Waals surface area contributed by atoms with E-state index in [1.807, 2.05) is 13.8 Å². The van der Waals surface area contributed by atoms with Crippen LogP contribution in [0.3, 0.4) is 0 Å². The van der Waals surface area contributed by atoms with Gasteiger partial charge < -0.3 is 4.74 Å². The zero-order valence-electron chi connectivity index (χ0n) is 18.3. The molecular weight excluding hydrogens is 320 g/mol. The van der Waals surface area contributed by atoms with Crippen LogP contribution in [-0.4, -0.2) is 12.1 Å². The average molecular weight is 369 g/mol. The van der Waals surface area contributed by atoms with Crippen LogP contribution in [-0.2, 0) is 9.53 Å². The number of esters is 1. The summed E-state index contributed by atoms with van der Waals surface area (Å²) in [6, 6.07) is 0. The van der Waals surface area contributed by atoms with E-state index >= 15 is 0 Å². The maximum atomic E-state index is 11.4. The van der Waals surface area contributed by atoms with Gasteiger partial charge >= 0.3 is 5.97 Å². The van der Waals surface area contributed by atoms with Crippen molar-refractivity contribution >= 4 is 5.97 Å². The first-order valence-corrected chi connectivity index (χ1v) is 11.9. The molecule has 2 nitrogen and oxygen atoms in total. The molecule has 156 valence electrons. The highest BCUT2D eigenvalue weighted by Gasteiger charge is 2.04. The average Bonchev–Trinajstić information content (AvgIpc) is 2.60. The standard InChI is InChI=1S/C24H48O2/c1-4-5-6-7-8-9-10-11-12-13-14-15-16-17-18-19-20-21-22-24(25)26-23(2)3/h23H,4-22H2,1-3H3. The molecule has 0 bridgehead atoms. The Balaban J connectivity index is 3.06. The minimum Gasteiger partial charge on any atom is -0.463 e. The molecule has 0 unspecified atom stereocenters. The van der Waals surface area contributed by atoms with E-state index < -0.39 is 0 Å². The zero-order chi connectivity index (χ0) is 19.3. The molecule has 0 rings (SSSR count). The molecule has 26 heavy (non-hydrogen) atoms. The van der Waals surface area contributed by atoms with Crippen molar-refractivity contribution in [1.29, 1.82) is 0 Å². The van der Waals surface area contributed by atoms with Gasteiger partial charge in [0.1, 0.15) is 0 Å². The second kappa shape index (κ2) is 20.8. The Morgan fingerprint density at radius 3 is 1.19 bits per heavy atom. The van der Waals surface area contributed by atoms with Gasteiger partial charge in [-0.2, -0.15) is 0 Å². The van der Waals surface area contributed by atoms with Gasteiger partial charge in [0.15, 0.2) is 0 Å². The van der Waals surface area contributed by atoms with Crippen LogP contribution in [0.1, 0.15) is 143 Å². The molecule has 0 aromatic heterocycles. The van der Waals surface area contributed by atoms with Crippen LogP contribution in [0, 0.1) is 0 Å². The van der Waals surface area contributed by atoms with Gasteiger partial charge in [-0.1, -0.05) is 116 Å². The van der Waals surface area contributed by atoms with Crippen LogP contribution >= 0.6 is 0 Å². The summed E-state index contributed by atoms with van der Waals surface area (Å²) >= 11 is 0. The van der Waals surface area contributed by atoms with Crippen LogP contribution in [0.5, 0.6) is 0 Å². The molecule has 0 N–H and O–H groups in total. The molecule has 0 saturated carbocycles. The number of rotatable bonds is 20. The van der Waals surface area contributed by atoms with Crippen LogP contribution < -0.4 is 0 Å². The summed E-state index contributed by atoms with van der Waals surface area (Å²) in [5.74, 6) is -0.0310. The highest BCUT2D eigenvalue weighted by Crippen LogP contribution is 2.14. The molecule has 0 amide bonds. The molecule has 0 aromatic rings. The van der Waals surface area contributed by atoms with Gasteiger partial charge in [0.05, 0.1) is 6.10 Å². The third kappa shape index (κ3) is 21.5. The van der Waals surface area contributed by atoms with Crippen LogP contribution in [0.25, 0.3) is 0 Å². The van der Waals surface area contributed by atoms with Crippen molar-refractivity contribution in [3.8, 4) is 0 Å². The van der Waals surface area contributed by atoms with Gasteiger partial charge in [-0.15, -0.1) is 0 Å². The summed E-state index contributed by atoms with van der Waals surface area (Å²) in [7, 11) is 0. The topological polar surface area (TPSA) is 26.3 Å². The van der Waals surface area contributed by atoms with Gasteiger partial charge in [-0.05, 0) is 20.3 Å². The molecule has 0 fully saturated rings. The maximum absolute atomic E-state index is 11.4. The highest BCUT2D eigenvalue weighted by molar-refractivity contribution is 5.69. The Morgan fingerprint density at radius 1 is 0.577 bits per heavy atom. The Labute approximate surface area is 164 Å². The van der Waals surface area contributed by atoms with Gasteiger partial charge in [-0.25, -0.2) is 0 Å². The predicted molar refractivity (Wildman–Crippen MR) is 115 cm³/mol. The minimum atomic E-state index is -0.0310. The zero-order valence-corrected chi connectivity index (χ0v) is 18.3. The second-order valence-corrected chi connectivity index (χ2v) is 8.30. The summed E-state index contributed by atoms with van der Waals surface area (Å²) in [4.78, 5) is 11.4. The minimum absolute atomic E-state index is 0.0260. The second-order valence-electron chi connectivity index (χ2n) is 8.30.